The van der Waals surface area contributed by atoms with Crippen molar-refractivity contribution in [1.29, 1.82) is 0 Å². The molecule has 8 aromatic rings. The lowest BCUT2D eigenvalue weighted by Gasteiger charge is -2.19. The molecule has 0 aliphatic rings. The molecule has 8 aromatic carbocycles. The number of fused-ring (bicyclic) bond motifs is 3. The molecule has 0 bridgehead atoms. The lowest BCUT2D eigenvalue weighted by atomic mass is 9.85. The molecular weight excluding hydrogens is 556 g/mol. The molecule has 46 heavy (non-hydrogen) atoms. The quantitative estimate of drug-likeness (QED) is 0.150. The van der Waals surface area contributed by atoms with Gasteiger partial charge in [0.1, 0.15) is 0 Å². The molecule has 3 N–H and O–H groups in total. The fourth-order valence-corrected chi connectivity index (χ4v) is 6.62. The standard InChI is InChI=1S/C44H32N2/c45-43(32-14-3-1-4-15-32)44(33-16-5-2-6-17-33)46-36-27-25-31(26-28-36)41-37-19-9-11-21-39(37)42(40-22-12-10-20-38(40)41)35-24-23-30-13-7-8-18-34(30)29-35/h1-29,46H,45H2/b44-43-. The lowest BCUT2D eigenvalue weighted by molar-refractivity contribution is 1.46. The van der Waals surface area contributed by atoms with Crippen LogP contribution >= 0.6 is 0 Å². The predicted molar refractivity (Wildman–Crippen MR) is 197 cm³/mol. The number of rotatable bonds is 6. The zero-order valence-electron chi connectivity index (χ0n) is 25.3. The van der Waals surface area contributed by atoms with Gasteiger partial charge in [0.05, 0.1) is 11.4 Å². The molecule has 0 aromatic heterocycles. The second-order valence-electron chi connectivity index (χ2n) is 11.6. The molecule has 0 amide bonds. The highest BCUT2D eigenvalue weighted by molar-refractivity contribution is 6.21. The van der Waals surface area contributed by atoms with Crippen LogP contribution in [0.3, 0.4) is 0 Å². The number of benzene rings is 8. The molecule has 0 spiro atoms. The van der Waals surface area contributed by atoms with Crippen molar-refractivity contribution in [2.24, 2.45) is 5.73 Å². The summed E-state index contributed by atoms with van der Waals surface area (Å²) in [6.45, 7) is 0. The third-order valence-corrected chi connectivity index (χ3v) is 8.83. The number of nitrogens with one attached hydrogen (secondary N) is 1. The summed E-state index contributed by atoms with van der Waals surface area (Å²) >= 11 is 0. The summed E-state index contributed by atoms with van der Waals surface area (Å²) in [6.07, 6.45) is 0. The van der Waals surface area contributed by atoms with Crippen LogP contribution in [0.1, 0.15) is 11.1 Å². The summed E-state index contributed by atoms with van der Waals surface area (Å²) in [5.74, 6) is 0. The summed E-state index contributed by atoms with van der Waals surface area (Å²) in [7, 11) is 0. The molecule has 0 aliphatic carbocycles. The van der Waals surface area contributed by atoms with Gasteiger partial charge in [-0.25, -0.2) is 0 Å². The van der Waals surface area contributed by atoms with Crippen LogP contribution in [0.2, 0.25) is 0 Å². The number of hydrogen-bond donors (Lipinski definition) is 2. The molecular formula is C44H32N2. The van der Waals surface area contributed by atoms with E-state index in [1.54, 1.807) is 0 Å². The molecule has 0 saturated carbocycles. The van der Waals surface area contributed by atoms with Gasteiger partial charge in [-0.15, -0.1) is 0 Å². The molecule has 0 heterocycles. The Morgan fingerprint density at radius 1 is 0.391 bits per heavy atom. The van der Waals surface area contributed by atoms with Gasteiger partial charge in [-0.05, 0) is 78.3 Å². The average molecular weight is 589 g/mol. The predicted octanol–water partition coefficient (Wildman–Crippen LogP) is 11.4. The molecule has 0 radical (unpaired) electrons. The van der Waals surface area contributed by atoms with E-state index in [2.05, 4.69) is 133 Å². The Morgan fingerprint density at radius 3 is 1.43 bits per heavy atom. The van der Waals surface area contributed by atoms with Gasteiger partial charge in [-0.3, -0.25) is 0 Å². The van der Waals surface area contributed by atoms with Gasteiger partial charge in [0, 0.05) is 11.3 Å². The molecule has 0 aliphatic heterocycles. The zero-order chi connectivity index (χ0) is 30.9. The van der Waals surface area contributed by atoms with E-state index in [-0.39, 0.29) is 0 Å². The van der Waals surface area contributed by atoms with Crippen molar-refractivity contribution in [3.05, 3.63) is 187 Å². The summed E-state index contributed by atoms with van der Waals surface area (Å²) in [4.78, 5) is 0. The highest BCUT2D eigenvalue weighted by Crippen LogP contribution is 2.44. The van der Waals surface area contributed by atoms with E-state index in [1.807, 2.05) is 48.5 Å². The highest BCUT2D eigenvalue weighted by atomic mass is 14.9. The normalized spacial score (nSPS) is 11.9. The van der Waals surface area contributed by atoms with Crippen LogP contribution in [0.15, 0.2) is 176 Å². The largest absolute Gasteiger partial charge is 0.397 e. The van der Waals surface area contributed by atoms with E-state index in [9.17, 15) is 0 Å². The van der Waals surface area contributed by atoms with Crippen LogP contribution in [-0.2, 0) is 0 Å². The van der Waals surface area contributed by atoms with Crippen molar-refractivity contribution >= 4 is 49.4 Å². The van der Waals surface area contributed by atoms with Gasteiger partial charge < -0.3 is 11.1 Å². The van der Waals surface area contributed by atoms with Crippen LogP contribution in [0.5, 0.6) is 0 Å². The Morgan fingerprint density at radius 2 is 0.848 bits per heavy atom. The van der Waals surface area contributed by atoms with Crippen LogP contribution in [0.25, 0.3) is 66.0 Å². The first-order valence-electron chi connectivity index (χ1n) is 15.7. The molecule has 218 valence electrons. The van der Waals surface area contributed by atoms with Crippen molar-refractivity contribution in [2.75, 3.05) is 5.32 Å². The first kappa shape index (κ1) is 27.4. The second kappa shape index (κ2) is 11.8. The second-order valence-corrected chi connectivity index (χ2v) is 11.6. The maximum Gasteiger partial charge on any atom is 0.0697 e. The van der Waals surface area contributed by atoms with Gasteiger partial charge in [0.2, 0.25) is 0 Å². The monoisotopic (exact) mass is 588 g/mol. The van der Waals surface area contributed by atoms with Crippen molar-refractivity contribution in [2.45, 2.75) is 0 Å². The molecule has 0 saturated heterocycles. The van der Waals surface area contributed by atoms with E-state index < -0.39 is 0 Å². The molecule has 0 atom stereocenters. The zero-order valence-corrected chi connectivity index (χ0v) is 25.3. The minimum Gasteiger partial charge on any atom is -0.397 e. The van der Waals surface area contributed by atoms with Crippen molar-refractivity contribution in [1.82, 2.24) is 0 Å². The number of anilines is 1. The number of nitrogens with two attached hydrogens (primary N) is 1. The maximum absolute atomic E-state index is 6.77. The Balaban J connectivity index is 1.26. The van der Waals surface area contributed by atoms with Crippen molar-refractivity contribution < 1.29 is 0 Å². The van der Waals surface area contributed by atoms with E-state index in [0.717, 1.165) is 22.5 Å². The minimum atomic E-state index is 0.706. The first-order chi connectivity index (χ1) is 22.7. The number of hydrogen-bond acceptors (Lipinski definition) is 2. The lowest BCUT2D eigenvalue weighted by Crippen LogP contribution is -2.08. The fourth-order valence-electron chi connectivity index (χ4n) is 6.62. The van der Waals surface area contributed by atoms with Gasteiger partial charge >= 0.3 is 0 Å². The van der Waals surface area contributed by atoms with Crippen LogP contribution in [0, 0.1) is 0 Å². The SMILES string of the molecule is N/C(=C(\Nc1ccc(-c2c3ccccc3c(-c3ccc4ccccc4c3)c3ccccc23)cc1)c1ccccc1)c1ccccc1. The van der Waals surface area contributed by atoms with Crippen LogP contribution < -0.4 is 11.1 Å². The van der Waals surface area contributed by atoms with E-state index in [1.165, 1.54) is 54.6 Å². The molecule has 0 fully saturated rings. The van der Waals surface area contributed by atoms with E-state index in [0.29, 0.717) is 5.70 Å². The first-order valence-corrected chi connectivity index (χ1v) is 15.7. The van der Waals surface area contributed by atoms with Crippen LogP contribution in [-0.4, -0.2) is 0 Å². The van der Waals surface area contributed by atoms with Gasteiger partial charge in [0.15, 0.2) is 0 Å². The Kier molecular flexibility index (Phi) is 7.01. The average Bonchev–Trinajstić information content (AvgIpc) is 3.13. The van der Waals surface area contributed by atoms with E-state index in [4.69, 9.17) is 5.73 Å². The maximum atomic E-state index is 6.77. The summed E-state index contributed by atoms with van der Waals surface area (Å²) in [6, 6.07) is 62.1. The highest BCUT2D eigenvalue weighted by Gasteiger charge is 2.17. The summed E-state index contributed by atoms with van der Waals surface area (Å²) in [5.41, 5.74) is 16.3. The van der Waals surface area contributed by atoms with Gasteiger partial charge in [-0.2, -0.15) is 0 Å². The van der Waals surface area contributed by atoms with Crippen LogP contribution in [0.4, 0.5) is 5.69 Å². The molecule has 0 unspecified atom stereocenters. The molecule has 2 nitrogen and oxygen atoms in total. The topological polar surface area (TPSA) is 38.0 Å². The summed E-state index contributed by atoms with van der Waals surface area (Å²) < 4.78 is 0. The summed E-state index contributed by atoms with van der Waals surface area (Å²) in [5, 5.41) is 11.1. The van der Waals surface area contributed by atoms with Crippen molar-refractivity contribution in [3.8, 4) is 22.3 Å². The molecule has 2 heteroatoms. The Hall–Kier alpha value is -6.12. The van der Waals surface area contributed by atoms with Gasteiger partial charge in [0.25, 0.3) is 0 Å². The fraction of sp³-hybridized carbons (Fsp3) is 0. The van der Waals surface area contributed by atoms with E-state index >= 15 is 0 Å². The van der Waals surface area contributed by atoms with Crippen molar-refractivity contribution in [3.63, 3.8) is 0 Å². The minimum absolute atomic E-state index is 0.706. The third kappa shape index (κ3) is 4.96. The Labute approximate surface area is 269 Å². The third-order valence-electron chi connectivity index (χ3n) is 8.83. The van der Waals surface area contributed by atoms with Gasteiger partial charge in [-0.1, -0.05) is 158 Å². The molecule has 8 rings (SSSR count). The smallest absolute Gasteiger partial charge is 0.0697 e. The Bertz CT molecular complexity index is 2310.